The van der Waals surface area contributed by atoms with Crippen molar-refractivity contribution in [3.63, 3.8) is 0 Å². The molecule has 0 bridgehead atoms. The fourth-order valence-electron chi connectivity index (χ4n) is 3.48. The number of nitrogens with one attached hydrogen (secondary N) is 2. The van der Waals surface area contributed by atoms with Gasteiger partial charge in [-0.15, -0.1) is 0 Å². The maximum atomic E-state index is 13.5. The van der Waals surface area contributed by atoms with Gasteiger partial charge in [0.2, 0.25) is 0 Å². The number of amides is 1. The predicted octanol–water partition coefficient (Wildman–Crippen LogP) is 3.51. The smallest absolute Gasteiger partial charge is 0.254 e. The van der Waals surface area contributed by atoms with Crippen LogP contribution in [0.15, 0.2) is 36.5 Å². The Bertz CT molecular complexity index is 954. The SMILES string of the molecule is CNc1cc(C(=O)N2CCCC[C@H]2c2nc3ccc(F)cc3[nH]2)ccn1. The third-order valence-corrected chi connectivity index (χ3v) is 4.80. The van der Waals surface area contributed by atoms with Crippen LogP contribution in [0.3, 0.4) is 0 Å². The molecule has 1 saturated heterocycles. The van der Waals surface area contributed by atoms with Gasteiger partial charge in [0, 0.05) is 25.4 Å². The van der Waals surface area contributed by atoms with E-state index in [1.807, 2.05) is 4.90 Å². The van der Waals surface area contributed by atoms with Crippen LogP contribution in [0.5, 0.6) is 0 Å². The molecule has 7 heteroatoms. The average Bonchev–Trinajstić information content (AvgIpc) is 3.10. The first-order valence-electron chi connectivity index (χ1n) is 8.75. The van der Waals surface area contributed by atoms with Crippen molar-refractivity contribution in [2.75, 3.05) is 18.9 Å². The molecule has 0 aliphatic carbocycles. The lowest BCUT2D eigenvalue weighted by Gasteiger charge is -2.34. The number of rotatable bonds is 3. The maximum Gasteiger partial charge on any atom is 0.254 e. The fraction of sp³-hybridized carbons (Fsp3) is 0.316. The first-order chi connectivity index (χ1) is 12.7. The molecule has 1 fully saturated rings. The van der Waals surface area contributed by atoms with Gasteiger partial charge in [-0.05, 0) is 49.6 Å². The first-order valence-corrected chi connectivity index (χ1v) is 8.75. The van der Waals surface area contributed by atoms with Crippen molar-refractivity contribution in [3.8, 4) is 0 Å². The minimum atomic E-state index is -0.305. The number of hydrogen-bond donors (Lipinski definition) is 2. The molecule has 26 heavy (non-hydrogen) atoms. The number of benzene rings is 1. The van der Waals surface area contributed by atoms with Gasteiger partial charge in [0.05, 0.1) is 17.1 Å². The summed E-state index contributed by atoms with van der Waals surface area (Å²) in [6, 6.07) is 7.82. The number of piperidine rings is 1. The van der Waals surface area contributed by atoms with E-state index in [9.17, 15) is 9.18 Å². The standard InChI is InChI=1S/C19H20FN5O/c1-21-17-10-12(7-8-22-17)19(26)25-9-3-2-4-16(25)18-23-14-6-5-13(20)11-15(14)24-18/h5-8,10-11,16H,2-4,9H2,1H3,(H,21,22)(H,23,24)/t16-/m0/s1. The number of fused-ring (bicyclic) bond motifs is 1. The molecule has 2 aromatic heterocycles. The molecule has 0 spiro atoms. The van der Waals surface area contributed by atoms with Crippen molar-refractivity contribution in [1.29, 1.82) is 0 Å². The highest BCUT2D eigenvalue weighted by Gasteiger charge is 2.31. The van der Waals surface area contributed by atoms with E-state index in [1.54, 1.807) is 31.4 Å². The van der Waals surface area contributed by atoms with Crippen LogP contribution in [-0.4, -0.2) is 39.4 Å². The van der Waals surface area contributed by atoms with Crippen molar-refractivity contribution in [1.82, 2.24) is 19.9 Å². The number of hydrogen-bond acceptors (Lipinski definition) is 4. The van der Waals surface area contributed by atoms with Crippen molar-refractivity contribution < 1.29 is 9.18 Å². The average molecular weight is 353 g/mol. The fourth-order valence-corrected chi connectivity index (χ4v) is 3.48. The quantitative estimate of drug-likeness (QED) is 0.756. The van der Waals surface area contributed by atoms with Gasteiger partial charge in [-0.1, -0.05) is 0 Å². The number of H-pyrrole nitrogens is 1. The molecule has 1 amide bonds. The summed E-state index contributed by atoms with van der Waals surface area (Å²) < 4.78 is 13.5. The molecule has 0 unspecified atom stereocenters. The highest BCUT2D eigenvalue weighted by molar-refractivity contribution is 5.95. The summed E-state index contributed by atoms with van der Waals surface area (Å²) in [6.45, 7) is 0.673. The van der Waals surface area contributed by atoms with E-state index in [0.717, 1.165) is 19.3 Å². The number of likely N-dealkylation sites (tertiary alicyclic amines) is 1. The van der Waals surface area contributed by atoms with Crippen LogP contribution < -0.4 is 5.32 Å². The van der Waals surface area contributed by atoms with Crippen LogP contribution in [0.4, 0.5) is 10.2 Å². The monoisotopic (exact) mass is 353 g/mol. The second-order valence-corrected chi connectivity index (χ2v) is 6.47. The Labute approximate surface area is 150 Å². The molecule has 4 rings (SSSR count). The largest absolute Gasteiger partial charge is 0.373 e. The molecule has 1 aromatic carbocycles. The van der Waals surface area contributed by atoms with Gasteiger partial charge in [0.15, 0.2) is 0 Å². The molecule has 1 aliphatic rings. The highest BCUT2D eigenvalue weighted by Crippen LogP contribution is 2.32. The van der Waals surface area contributed by atoms with E-state index < -0.39 is 0 Å². The molecular weight excluding hydrogens is 333 g/mol. The van der Waals surface area contributed by atoms with Crippen molar-refractivity contribution in [2.45, 2.75) is 25.3 Å². The van der Waals surface area contributed by atoms with E-state index in [-0.39, 0.29) is 17.8 Å². The topological polar surface area (TPSA) is 73.9 Å². The Hall–Kier alpha value is -2.96. The lowest BCUT2D eigenvalue weighted by Crippen LogP contribution is -2.39. The number of pyridine rings is 1. The van der Waals surface area contributed by atoms with Crippen molar-refractivity contribution >= 4 is 22.8 Å². The second kappa shape index (κ2) is 6.74. The summed E-state index contributed by atoms with van der Waals surface area (Å²) >= 11 is 0. The van der Waals surface area contributed by atoms with E-state index >= 15 is 0 Å². The van der Waals surface area contributed by atoms with Crippen LogP contribution in [0.25, 0.3) is 11.0 Å². The number of aromatic nitrogens is 3. The van der Waals surface area contributed by atoms with Crippen LogP contribution >= 0.6 is 0 Å². The Balaban J connectivity index is 1.67. The van der Waals surface area contributed by atoms with E-state index in [0.29, 0.717) is 34.8 Å². The molecule has 1 aliphatic heterocycles. The van der Waals surface area contributed by atoms with Crippen molar-refractivity contribution in [3.05, 3.63) is 53.7 Å². The number of anilines is 1. The van der Waals surface area contributed by atoms with Gasteiger partial charge in [-0.3, -0.25) is 4.79 Å². The number of halogens is 1. The van der Waals surface area contributed by atoms with Gasteiger partial charge in [0.1, 0.15) is 17.5 Å². The Morgan fingerprint density at radius 2 is 2.19 bits per heavy atom. The number of carbonyl (C=O) groups is 1. The Kier molecular flexibility index (Phi) is 4.28. The van der Waals surface area contributed by atoms with Crippen LogP contribution in [0.2, 0.25) is 0 Å². The van der Waals surface area contributed by atoms with E-state index in [4.69, 9.17) is 0 Å². The lowest BCUT2D eigenvalue weighted by molar-refractivity contribution is 0.0601. The zero-order chi connectivity index (χ0) is 18.1. The molecule has 1 atom stereocenters. The molecule has 0 radical (unpaired) electrons. The van der Waals surface area contributed by atoms with Crippen LogP contribution in [-0.2, 0) is 0 Å². The lowest BCUT2D eigenvalue weighted by atomic mass is 10.0. The Morgan fingerprint density at radius 1 is 1.31 bits per heavy atom. The number of nitrogens with zero attached hydrogens (tertiary/aromatic N) is 3. The summed E-state index contributed by atoms with van der Waals surface area (Å²) in [5.41, 5.74) is 1.96. The summed E-state index contributed by atoms with van der Waals surface area (Å²) in [4.78, 5) is 26.9. The van der Waals surface area contributed by atoms with Crippen molar-refractivity contribution in [2.24, 2.45) is 0 Å². The minimum absolute atomic E-state index is 0.0414. The van der Waals surface area contributed by atoms with Crippen LogP contribution in [0, 0.1) is 5.82 Å². The zero-order valence-electron chi connectivity index (χ0n) is 14.5. The summed E-state index contributed by atoms with van der Waals surface area (Å²) in [5.74, 6) is 1.02. The van der Waals surface area contributed by atoms with E-state index in [2.05, 4.69) is 20.3 Å². The summed E-state index contributed by atoms with van der Waals surface area (Å²) in [7, 11) is 1.77. The zero-order valence-corrected chi connectivity index (χ0v) is 14.5. The molecule has 6 nitrogen and oxygen atoms in total. The normalized spacial score (nSPS) is 17.5. The predicted molar refractivity (Wildman–Crippen MR) is 97.5 cm³/mol. The molecule has 2 N–H and O–H groups in total. The van der Waals surface area contributed by atoms with Gasteiger partial charge in [-0.2, -0.15) is 0 Å². The molecule has 134 valence electrons. The van der Waals surface area contributed by atoms with Gasteiger partial charge < -0.3 is 15.2 Å². The summed E-state index contributed by atoms with van der Waals surface area (Å²) in [5, 5.41) is 2.96. The molecule has 3 heterocycles. The van der Waals surface area contributed by atoms with Gasteiger partial charge in [-0.25, -0.2) is 14.4 Å². The molecular formula is C19H20FN5O. The third kappa shape index (κ3) is 3.00. The third-order valence-electron chi connectivity index (χ3n) is 4.80. The molecule has 0 saturated carbocycles. The highest BCUT2D eigenvalue weighted by atomic mass is 19.1. The minimum Gasteiger partial charge on any atom is -0.373 e. The Morgan fingerprint density at radius 3 is 3.04 bits per heavy atom. The number of imidazole rings is 1. The number of aromatic amines is 1. The van der Waals surface area contributed by atoms with Gasteiger partial charge in [0.25, 0.3) is 5.91 Å². The van der Waals surface area contributed by atoms with E-state index in [1.165, 1.54) is 12.1 Å². The number of carbonyl (C=O) groups excluding carboxylic acids is 1. The van der Waals surface area contributed by atoms with Crippen LogP contribution in [0.1, 0.15) is 41.5 Å². The molecule has 3 aromatic rings. The van der Waals surface area contributed by atoms with Gasteiger partial charge >= 0.3 is 0 Å². The summed E-state index contributed by atoms with van der Waals surface area (Å²) in [6.07, 6.45) is 4.44. The second-order valence-electron chi connectivity index (χ2n) is 6.47. The first kappa shape index (κ1) is 16.5. The maximum absolute atomic E-state index is 13.5.